The Hall–Kier alpha value is -2.86. The number of carbonyl (C=O) groups is 1. The smallest absolute Gasteiger partial charge is 0.344 e. The fourth-order valence-corrected chi connectivity index (χ4v) is 6.01. The Labute approximate surface area is 293 Å². The zero-order chi connectivity index (χ0) is 33.9. The number of thiol groups is 1. The number of ketones is 1. The van der Waals surface area contributed by atoms with Crippen molar-refractivity contribution in [2.75, 3.05) is 20.1 Å². The maximum Gasteiger partial charge on any atom is 0.416 e. The number of unbranched alkanes of at least 4 members (excludes halogenated alkanes) is 2. The third kappa shape index (κ3) is 11.7. The number of halogens is 5. The molecule has 0 aliphatic heterocycles. The van der Waals surface area contributed by atoms with Crippen molar-refractivity contribution < 1.29 is 18.0 Å². The maximum atomic E-state index is 13.2. The van der Waals surface area contributed by atoms with Crippen LogP contribution in [0.3, 0.4) is 0 Å². The van der Waals surface area contributed by atoms with Crippen LogP contribution < -0.4 is 17.6 Å². The van der Waals surface area contributed by atoms with Crippen LogP contribution in [0.4, 0.5) is 13.2 Å². The molecule has 7 nitrogen and oxygen atoms in total. The lowest BCUT2D eigenvalue weighted by Crippen LogP contribution is -2.07. The standard InChI is InChI=1S/C29H25Cl2F3N4OS.C4H11NS.H3N/c30-20-10-13-24(23(31)16-20)38-28(22(17-36)27(37-38)25(39)4-2-1-3-15-35)26-14-12-21(40-26)11-7-18-5-8-19(9-6-18)29(32,33)34;1-3-4-5(2)6;/h5-6,8-10,12-14,16H,1-4,15,17,35-36H2;6H,3-4H2,1-2H3;1H3. The molecular weight excluding hydrogens is 688 g/mol. The summed E-state index contributed by atoms with van der Waals surface area (Å²) in [5.74, 6) is 5.78. The Balaban J connectivity index is 0.00000100. The fraction of sp³-hybridized carbons (Fsp3) is 0.333. The molecule has 7 N–H and O–H groups in total. The van der Waals surface area contributed by atoms with E-state index in [1.165, 1.54) is 29.9 Å². The van der Waals surface area contributed by atoms with Crippen molar-refractivity contribution in [2.24, 2.45) is 11.5 Å². The summed E-state index contributed by atoms with van der Waals surface area (Å²) in [5, 5.41) is 5.46. The molecule has 254 valence electrons. The summed E-state index contributed by atoms with van der Waals surface area (Å²) in [6.07, 6.45) is -0.556. The number of alkyl halides is 3. The number of nitrogens with two attached hydrogens (primary N) is 2. The van der Waals surface area contributed by atoms with Crippen LogP contribution in [-0.4, -0.2) is 40.0 Å². The molecule has 0 saturated heterocycles. The van der Waals surface area contributed by atoms with Crippen LogP contribution in [0.15, 0.2) is 54.6 Å². The van der Waals surface area contributed by atoms with Gasteiger partial charge >= 0.3 is 6.18 Å². The molecule has 0 bridgehead atoms. The van der Waals surface area contributed by atoms with Gasteiger partial charge < -0.3 is 17.6 Å². The van der Waals surface area contributed by atoms with Gasteiger partial charge in [0.25, 0.3) is 0 Å². The van der Waals surface area contributed by atoms with Gasteiger partial charge in [-0.2, -0.15) is 18.3 Å². The van der Waals surface area contributed by atoms with Gasteiger partial charge in [0.05, 0.1) is 31.7 Å². The van der Waals surface area contributed by atoms with E-state index in [0.29, 0.717) is 56.8 Å². The molecular formula is C33H39Cl2F3N6OS2. The minimum Gasteiger partial charge on any atom is -0.344 e. The van der Waals surface area contributed by atoms with Crippen molar-refractivity contribution in [3.8, 4) is 28.1 Å². The lowest BCUT2D eigenvalue weighted by atomic mass is 10.0. The van der Waals surface area contributed by atoms with E-state index < -0.39 is 11.7 Å². The zero-order valence-corrected chi connectivity index (χ0v) is 29.4. The first-order chi connectivity index (χ1) is 21.9. The average Bonchev–Trinajstić information content (AvgIpc) is 3.63. The number of rotatable bonds is 11. The van der Waals surface area contributed by atoms with Crippen molar-refractivity contribution in [3.63, 3.8) is 0 Å². The highest BCUT2D eigenvalue weighted by Gasteiger charge is 2.30. The van der Waals surface area contributed by atoms with Crippen molar-refractivity contribution in [2.45, 2.75) is 51.7 Å². The van der Waals surface area contributed by atoms with E-state index in [1.807, 2.05) is 17.4 Å². The molecule has 0 radical (unpaired) electrons. The van der Waals surface area contributed by atoms with E-state index in [-0.39, 0.29) is 24.2 Å². The van der Waals surface area contributed by atoms with Gasteiger partial charge in [-0.3, -0.25) is 9.10 Å². The number of benzene rings is 2. The molecule has 0 atom stereocenters. The molecule has 0 saturated carbocycles. The van der Waals surface area contributed by atoms with Gasteiger partial charge in [0.15, 0.2) is 5.78 Å². The first-order valence-corrected chi connectivity index (χ1v) is 16.6. The topological polar surface area (TPSA) is 125 Å². The SMILES string of the molecule is CCCN(C)S.N.NCCCCCC(=O)c1nn(-c2ccc(Cl)cc2Cl)c(-c2ccc(C#Cc3ccc(C(F)(F)F)cc3)s2)c1CN. The molecule has 0 unspecified atom stereocenters. The molecule has 2 aromatic carbocycles. The van der Waals surface area contributed by atoms with E-state index in [9.17, 15) is 18.0 Å². The molecule has 0 amide bonds. The van der Waals surface area contributed by atoms with Crippen molar-refractivity contribution in [1.29, 1.82) is 0 Å². The van der Waals surface area contributed by atoms with Crippen LogP contribution in [-0.2, 0) is 12.7 Å². The summed E-state index contributed by atoms with van der Waals surface area (Å²) in [6.45, 7) is 3.84. The summed E-state index contributed by atoms with van der Waals surface area (Å²) in [7, 11) is 1.95. The second kappa shape index (κ2) is 19.2. The van der Waals surface area contributed by atoms with E-state index in [0.717, 1.165) is 36.4 Å². The minimum absolute atomic E-state index is 0. The quantitative estimate of drug-likeness (QED) is 0.0530. The summed E-state index contributed by atoms with van der Waals surface area (Å²) in [5.41, 5.74) is 13.5. The molecule has 2 aromatic heterocycles. The number of carbonyl (C=O) groups excluding carboxylic acids is 1. The highest BCUT2D eigenvalue weighted by Crippen LogP contribution is 2.37. The first kappa shape index (κ1) is 40.3. The van der Waals surface area contributed by atoms with Crippen molar-refractivity contribution >= 4 is 53.1 Å². The van der Waals surface area contributed by atoms with Crippen LogP contribution >= 0.6 is 47.4 Å². The lowest BCUT2D eigenvalue weighted by molar-refractivity contribution is -0.137. The van der Waals surface area contributed by atoms with E-state index in [4.69, 9.17) is 34.7 Å². The molecule has 0 fully saturated rings. The van der Waals surface area contributed by atoms with Crippen molar-refractivity contribution in [3.05, 3.63) is 91.9 Å². The normalized spacial score (nSPS) is 11.0. The second-order valence-electron chi connectivity index (χ2n) is 10.3. The molecule has 4 aromatic rings. The van der Waals surface area contributed by atoms with Crippen molar-refractivity contribution in [1.82, 2.24) is 20.2 Å². The van der Waals surface area contributed by atoms with Gasteiger partial charge in [0.2, 0.25) is 0 Å². The molecule has 0 aliphatic rings. The third-order valence-corrected chi connectivity index (χ3v) is 8.37. The van der Waals surface area contributed by atoms with Gasteiger partial charge in [-0.05, 0) is 87.5 Å². The highest BCUT2D eigenvalue weighted by atomic mass is 35.5. The number of aromatic nitrogens is 2. The predicted molar refractivity (Wildman–Crippen MR) is 191 cm³/mol. The molecule has 14 heteroatoms. The van der Waals surface area contributed by atoms with Gasteiger partial charge in [-0.25, -0.2) is 4.68 Å². The molecule has 4 rings (SSSR count). The fourth-order valence-electron chi connectivity index (χ4n) is 4.41. The maximum absolute atomic E-state index is 13.2. The number of thiophene rings is 1. The Kier molecular flexibility index (Phi) is 16.5. The Bertz CT molecular complexity index is 1660. The number of hydrogen-bond donors (Lipinski definition) is 4. The van der Waals surface area contributed by atoms with Gasteiger partial charge in [-0.1, -0.05) is 61.2 Å². The van der Waals surface area contributed by atoms with E-state index in [2.05, 4.69) is 36.7 Å². The van der Waals surface area contributed by atoms with Crippen LogP contribution in [0.5, 0.6) is 0 Å². The largest absolute Gasteiger partial charge is 0.416 e. The lowest BCUT2D eigenvalue weighted by Gasteiger charge is -2.09. The summed E-state index contributed by atoms with van der Waals surface area (Å²) in [4.78, 5) is 14.6. The molecule has 0 aliphatic carbocycles. The van der Waals surface area contributed by atoms with Crippen LogP contribution in [0.25, 0.3) is 16.3 Å². The van der Waals surface area contributed by atoms with Gasteiger partial charge in [-0.15, -0.1) is 11.3 Å². The van der Waals surface area contributed by atoms with E-state index >= 15 is 0 Å². The molecule has 2 heterocycles. The van der Waals surface area contributed by atoms with Crippen LogP contribution in [0.1, 0.15) is 71.1 Å². The third-order valence-electron chi connectivity index (χ3n) is 6.63. The first-order valence-electron chi connectivity index (χ1n) is 14.6. The Morgan fingerprint density at radius 1 is 1.04 bits per heavy atom. The minimum atomic E-state index is -4.41. The monoisotopic (exact) mass is 726 g/mol. The second-order valence-corrected chi connectivity index (χ2v) is 12.9. The molecule has 47 heavy (non-hydrogen) atoms. The average molecular weight is 728 g/mol. The summed E-state index contributed by atoms with van der Waals surface area (Å²) in [6, 6.07) is 13.3. The zero-order valence-electron chi connectivity index (χ0n) is 26.2. The summed E-state index contributed by atoms with van der Waals surface area (Å²) >= 11 is 18.0. The van der Waals surface area contributed by atoms with Gasteiger partial charge in [0.1, 0.15) is 5.69 Å². The van der Waals surface area contributed by atoms with Gasteiger partial charge in [0, 0.05) is 35.7 Å². The Morgan fingerprint density at radius 3 is 2.30 bits per heavy atom. The highest BCUT2D eigenvalue weighted by molar-refractivity contribution is 7.77. The molecule has 0 spiro atoms. The number of hydrogen-bond acceptors (Lipinski definition) is 8. The predicted octanol–water partition coefficient (Wildman–Crippen LogP) is 8.82. The number of nitrogens with zero attached hydrogens (tertiary/aromatic N) is 3. The van der Waals surface area contributed by atoms with E-state index in [1.54, 1.807) is 28.9 Å². The summed E-state index contributed by atoms with van der Waals surface area (Å²) < 4.78 is 42.0. The van der Waals surface area contributed by atoms with Crippen LogP contribution in [0.2, 0.25) is 10.0 Å². The number of Topliss-reactive ketones (excluding diaryl/α,β-unsaturated/α-hetero) is 1. The Morgan fingerprint density at radius 2 is 1.74 bits per heavy atom. The van der Waals surface area contributed by atoms with Crippen LogP contribution in [0, 0.1) is 11.8 Å².